The highest BCUT2D eigenvalue weighted by Gasteiger charge is 2.25. The number of hydrogen-bond donors (Lipinski definition) is 2. The fourth-order valence-electron chi connectivity index (χ4n) is 1.64. The van der Waals surface area contributed by atoms with E-state index in [1.807, 2.05) is 13.8 Å². The molecule has 1 aromatic rings. The van der Waals surface area contributed by atoms with Gasteiger partial charge >= 0.3 is 0 Å². The number of rotatable bonds is 4. The molecule has 0 spiro atoms. The number of benzene rings is 1. The second kappa shape index (κ2) is 5.70. The van der Waals surface area contributed by atoms with Gasteiger partial charge in [-0.2, -0.15) is 0 Å². The molecular weight excluding hydrogens is 245 g/mol. The van der Waals surface area contributed by atoms with Crippen molar-refractivity contribution in [2.75, 3.05) is 6.54 Å². The van der Waals surface area contributed by atoms with E-state index in [0.717, 1.165) is 0 Å². The molecule has 0 aliphatic rings. The molecule has 19 heavy (non-hydrogen) atoms. The molecule has 106 valence electrons. The summed E-state index contributed by atoms with van der Waals surface area (Å²) < 4.78 is 13.5. The fourth-order valence-corrected chi connectivity index (χ4v) is 1.64. The molecule has 1 unspecified atom stereocenters. The molecule has 4 heteroatoms. The van der Waals surface area contributed by atoms with Gasteiger partial charge in [0.2, 0.25) is 0 Å². The van der Waals surface area contributed by atoms with Crippen LogP contribution in [0.2, 0.25) is 0 Å². The maximum atomic E-state index is 13.5. The minimum atomic E-state index is -0.959. The Labute approximate surface area is 113 Å². The van der Waals surface area contributed by atoms with Crippen LogP contribution in [0.4, 0.5) is 4.39 Å². The summed E-state index contributed by atoms with van der Waals surface area (Å²) >= 11 is 0. The van der Waals surface area contributed by atoms with Crippen molar-refractivity contribution in [3.05, 3.63) is 34.6 Å². The van der Waals surface area contributed by atoms with Gasteiger partial charge in [-0.1, -0.05) is 13.8 Å². The molecule has 0 saturated heterocycles. The van der Waals surface area contributed by atoms with Crippen molar-refractivity contribution in [3.8, 4) is 0 Å². The Morgan fingerprint density at radius 1 is 1.37 bits per heavy atom. The molecule has 0 fully saturated rings. The van der Waals surface area contributed by atoms with E-state index in [4.69, 9.17) is 0 Å². The predicted molar refractivity (Wildman–Crippen MR) is 73.7 cm³/mol. The Morgan fingerprint density at radius 3 is 2.26 bits per heavy atom. The topological polar surface area (TPSA) is 49.3 Å². The lowest BCUT2D eigenvalue weighted by atomic mass is 9.92. The first-order valence-electron chi connectivity index (χ1n) is 6.42. The first-order chi connectivity index (χ1) is 8.65. The normalized spacial score (nSPS) is 14.3. The van der Waals surface area contributed by atoms with E-state index in [0.29, 0.717) is 16.7 Å². The number of aliphatic hydroxyl groups is 1. The summed E-state index contributed by atoms with van der Waals surface area (Å²) in [5.74, 6) is -0.553. The standard InChI is InChI=1S/C15H22FNO2/c1-9(2)15(5,19)8-17-14(18)12-6-10(3)13(16)11(4)7-12/h6-7,9,19H,8H2,1-5H3,(H,17,18). The van der Waals surface area contributed by atoms with Gasteiger partial charge in [0.25, 0.3) is 5.91 Å². The maximum Gasteiger partial charge on any atom is 0.251 e. The molecule has 0 aromatic heterocycles. The Kier molecular flexibility index (Phi) is 4.69. The van der Waals surface area contributed by atoms with Gasteiger partial charge in [0.15, 0.2) is 0 Å². The summed E-state index contributed by atoms with van der Waals surface area (Å²) in [6.45, 7) is 8.88. The van der Waals surface area contributed by atoms with E-state index in [1.165, 1.54) is 12.1 Å². The summed E-state index contributed by atoms with van der Waals surface area (Å²) in [6, 6.07) is 3.03. The molecule has 0 heterocycles. The van der Waals surface area contributed by atoms with Gasteiger partial charge in [-0.3, -0.25) is 4.79 Å². The summed E-state index contributed by atoms with van der Waals surface area (Å²) in [7, 11) is 0. The third-order valence-corrected chi connectivity index (χ3v) is 3.55. The highest BCUT2D eigenvalue weighted by atomic mass is 19.1. The van der Waals surface area contributed by atoms with Gasteiger partial charge in [0.05, 0.1) is 5.60 Å². The molecule has 1 atom stereocenters. The third-order valence-electron chi connectivity index (χ3n) is 3.55. The monoisotopic (exact) mass is 267 g/mol. The fraction of sp³-hybridized carbons (Fsp3) is 0.533. The zero-order valence-corrected chi connectivity index (χ0v) is 12.2. The summed E-state index contributed by atoms with van der Waals surface area (Å²) in [5.41, 5.74) is 0.345. The average Bonchev–Trinajstić information content (AvgIpc) is 2.32. The molecule has 1 amide bonds. The summed E-state index contributed by atoms with van der Waals surface area (Å²) in [4.78, 5) is 12.0. The molecular formula is C15H22FNO2. The van der Waals surface area contributed by atoms with E-state index < -0.39 is 5.60 Å². The van der Waals surface area contributed by atoms with Gasteiger partial charge in [0.1, 0.15) is 5.82 Å². The molecule has 1 aromatic carbocycles. The quantitative estimate of drug-likeness (QED) is 0.881. The minimum absolute atomic E-state index is 0.0319. The van der Waals surface area contributed by atoms with Crippen LogP contribution in [-0.2, 0) is 0 Å². The van der Waals surface area contributed by atoms with Crippen LogP contribution in [0.25, 0.3) is 0 Å². The van der Waals surface area contributed by atoms with Crippen LogP contribution in [-0.4, -0.2) is 23.2 Å². The van der Waals surface area contributed by atoms with Gasteiger partial charge in [-0.25, -0.2) is 4.39 Å². The first kappa shape index (κ1) is 15.6. The van der Waals surface area contributed by atoms with E-state index in [9.17, 15) is 14.3 Å². The number of carbonyl (C=O) groups excluding carboxylic acids is 1. The lowest BCUT2D eigenvalue weighted by Crippen LogP contribution is -2.44. The second-order valence-electron chi connectivity index (χ2n) is 5.62. The molecule has 2 N–H and O–H groups in total. The van der Waals surface area contributed by atoms with Crippen molar-refractivity contribution in [1.29, 1.82) is 0 Å². The van der Waals surface area contributed by atoms with E-state index in [1.54, 1.807) is 20.8 Å². The molecule has 0 radical (unpaired) electrons. The Morgan fingerprint density at radius 2 is 1.84 bits per heavy atom. The van der Waals surface area contributed by atoms with Crippen LogP contribution in [0.3, 0.4) is 0 Å². The Balaban J connectivity index is 2.80. The van der Waals surface area contributed by atoms with Gasteiger partial charge in [0, 0.05) is 12.1 Å². The van der Waals surface area contributed by atoms with Crippen LogP contribution in [0.5, 0.6) is 0 Å². The lowest BCUT2D eigenvalue weighted by Gasteiger charge is -2.27. The zero-order chi connectivity index (χ0) is 14.8. The maximum absolute atomic E-state index is 13.5. The van der Waals surface area contributed by atoms with Crippen molar-refractivity contribution in [2.45, 2.75) is 40.2 Å². The zero-order valence-electron chi connectivity index (χ0n) is 12.2. The number of carbonyl (C=O) groups is 1. The summed E-state index contributed by atoms with van der Waals surface area (Å²) in [5, 5.41) is 12.7. The molecule has 0 aliphatic heterocycles. The van der Waals surface area contributed by atoms with Crippen LogP contribution >= 0.6 is 0 Å². The molecule has 0 bridgehead atoms. The second-order valence-corrected chi connectivity index (χ2v) is 5.62. The summed E-state index contributed by atoms with van der Waals surface area (Å²) in [6.07, 6.45) is 0. The van der Waals surface area contributed by atoms with Crippen molar-refractivity contribution in [3.63, 3.8) is 0 Å². The van der Waals surface area contributed by atoms with Gasteiger partial charge in [-0.05, 0) is 49.9 Å². The van der Waals surface area contributed by atoms with Crippen LogP contribution < -0.4 is 5.32 Å². The number of aryl methyl sites for hydroxylation is 2. The van der Waals surface area contributed by atoms with Crippen molar-refractivity contribution >= 4 is 5.91 Å². The van der Waals surface area contributed by atoms with Gasteiger partial charge < -0.3 is 10.4 Å². The van der Waals surface area contributed by atoms with Crippen molar-refractivity contribution in [2.24, 2.45) is 5.92 Å². The first-order valence-corrected chi connectivity index (χ1v) is 6.42. The van der Waals surface area contributed by atoms with Crippen molar-refractivity contribution in [1.82, 2.24) is 5.32 Å². The number of hydrogen-bond acceptors (Lipinski definition) is 2. The molecule has 0 aliphatic carbocycles. The smallest absolute Gasteiger partial charge is 0.251 e. The van der Waals surface area contributed by atoms with E-state index in [2.05, 4.69) is 5.32 Å². The largest absolute Gasteiger partial charge is 0.388 e. The Hall–Kier alpha value is -1.42. The SMILES string of the molecule is Cc1cc(C(=O)NCC(C)(O)C(C)C)cc(C)c1F. The van der Waals surface area contributed by atoms with E-state index >= 15 is 0 Å². The van der Waals surface area contributed by atoms with Crippen molar-refractivity contribution < 1.29 is 14.3 Å². The molecule has 0 saturated carbocycles. The molecule has 1 rings (SSSR count). The third kappa shape index (κ3) is 3.77. The van der Waals surface area contributed by atoms with Crippen LogP contribution in [0.15, 0.2) is 12.1 Å². The minimum Gasteiger partial charge on any atom is -0.388 e. The van der Waals surface area contributed by atoms with E-state index in [-0.39, 0.29) is 24.2 Å². The van der Waals surface area contributed by atoms with Crippen LogP contribution in [0, 0.1) is 25.6 Å². The Bertz CT molecular complexity index is 458. The average molecular weight is 267 g/mol. The number of amides is 1. The number of halogens is 1. The molecule has 3 nitrogen and oxygen atoms in total. The highest BCUT2D eigenvalue weighted by molar-refractivity contribution is 5.94. The predicted octanol–water partition coefficient (Wildman–Crippen LogP) is 2.58. The van der Waals surface area contributed by atoms with Gasteiger partial charge in [-0.15, -0.1) is 0 Å². The van der Waals surface area contributed by atoms with Crippen LogP contribution in [0.1, 0.15) is 42.3 Å². The number of nitrogens with one attached hydrogen (secondary N) is 1. The lowest BCUT2D eigenvalue weighted by molar-refractivity contribution is 0.0142. The highest BCUT2D eigenvalue weighted by Crippen LogP contribution is 2.16.